The van der Waals surface area contributed by atoms with Crippen LogP contribution in [0, 0.1) is 0 Å². The van der Waals surface area contributed by atoms with E-state index in [1.807, 2.05) is 42.5 Å². The molecule has 1 aliphatic rings. The van der Waals surface area contributed by atoms with Crippen molar-refractivity contribution in [3.63, 3.8) is 0 Å². The Hall–Kier alpha value is -3.78. The second kappa shape index (κ2) is 11.5. The summed E-state index contributed by atoms with van der Waals surface area (Å²) in [4.78, 5) is 40.2. The number of imide groups is 1. The van der Waals surface area contributed by atoms with Crippen molar-refractivity contribution in [2.75, 3.05) is 6.61 Å². The minimum atomic E-state index is -0.650. The number of hydrogen-bond donors (Lipinski definition) is 0. The lowest BCUT2D eigenvalue weighted by molar-refractivity contribution is -0.123. The van der Waals surface area contributed by atoms with E-state index in [2.05, 4.69) is 0 Å². The Balaban J connectivity index is 1.40. The third-order valence-corrected chi connectivity index (χ3v) is 7.39. The van der Waals surface area contributed by atoms with Crippen LogP contribution < -0.4 is 9.47 Å². The van der Waals surface area contributed by atoms with Gasteiger partial charge in [0.1, 0.15) is 0 Å². The smallest absolute Gasteiger partial charge is 0.343 e. The molecule has 196 valence electrons. The Morgan fingerprint density at radius 1 is 0.974 bits per heavy atom. The molecule has 2 amide bonds. The number of nitrogens with zero attached hydrogens (tertiary/aromatic N) is 1. The molecule has 6 nitrogen and oxygen atoms in total. The van der Waals surface area contributed by atoms with E-state index in [-0.39, 0.29) is 45.4 Å². The summed E-state index contributed by atoms with van der Waals surface area (Å²) in [7, 11) is 0. The maximum absolute atomic E-state index is 13.2. The fourth-order valence-electron chi connectivity index (χ4n) is 4.19. The summed E-state index contributed by atoms with van der Waals surface area (Å²) in [6, 6.07) is 23.1. The summed E-state index contributed by atoms with van der Waals surface area (Å²) in [6.45, 7) is 2.22. The number of rotatable bonds is 7. The fraction of sp³-hybridized carbons (Fsp3) is 0.100. The number of amides is 2. The number of thioether (sulfide) groups is 1. The average molecular weight is 578 g/mol. The van der Waals surface area contributed by atoms with Crippen molar-refractivity contribution < 1.29 is 23.9 Å². The minimum Gasteiger partial charge on any atom is -0.490 e. The molecule has 9 heteroatoms. The summed E-state index contributed by atoms with van der Waals surface area (Å²) < 4.78 is 11.2. The lowest BCUT2D eigenvalue weighted by Gasteiger charge is -2.14. The van der Waals surface area contributed by atoms with Crippen LogP contribution in [0.5, 0.6) is 11.5 Å². The van der Waals surface area contributed by atoms with Crippen LogP contribution in [0.2, 0.25) is 10.0 Å². The van der Waals surface area contributed by atoms with Crippen molar-refractivity contribution in [3.8, 4) is 11.5 Å². The normalized spacial score (nSPS) is 14.3. The number of halogens is 2. The van der Waals surface area contributed by atoms with E-state index in [9.17, 15) is 14.4 Å². The summed E-state index contributed by atoms with van der Waals surface area (Å²) in [5.74, 6) is -0.780. The highest BCUT2D eigenvalue weighted by Crippen LogP contribution is 2.40. The molecular formula is C30H21Cl2NO5S. The Labute approximate surface area is 239 Å². The second-order valence-corrected chi connectivity index (χ2v) is 10.4. The van der Waals surface area contributed by atoms with Gasteiger partial charge < -0.3 is 9.47 Å². The fourth-order valence-corrected chi connectivity index (χ4v) is 5.47. The van der Waals surface area contributed by atoms with Crippen LogP contribution in [0.15, 0.2) is 83.8 Å². The van der Waals surface area contributed by atoms with E-state index in [1.54, 1.807) is 43.3 Å². The molecular weight excluding hydrogens is 557 g/mol. The van der Waals surface area contributed by atoms with Gasteiger partial charge in [0.2, 0.25) is 0 Å². The predicted octanol–water partition coefficient (Wildman–Crippen LogP) is 8.00. The lowest BCUT2D eigenvalue weighted by Crippen LogP contribution is -2.27. The van der Waals surface area contributed by atoms with Crippen LogP contribution in [0.4, 0.5) is 4.79 Å². The number of ether oxygens (including phenoxy) is 2. The molecule has 1 heterocycles. The first-order valence-electron chi connectivity index (χ1n) is 12.0. The zero-order valence-electron chi connectivity index (χ0n) is 20.6. The first-order valence-corrected chi connectivity index (χ1v) is 13.6. The highest BCUT2D eigenvalue weighted by molar-refractivity contribution is 8.18. The van der Waals surface area contributed by atoms with Gasteiger partial charge in [0.15, 0.2) is 11.5 Å². The molecule has 0 saturated carbocycles. The number of carbonyl (C=O) groups is 3. The molecule has 0 N–H and O–H groups in total. The summed E-state index contributed by atoms with van der Waals surface area (Å²) in [5.41, 5.74) is 1.65. The van der Waals surface area contributed by atoms with Gasteiger partial charge in [0.05, 0.1) is 28.6 Å². The zero-order chi connectivity index (χ0) is 27.5. The first-order chi connectivity index (χ1) is 18.8. The molecule has 0 atom stereocenters. The Kier molecular flexibility index (Phi) is 7.93. The van der Waals surface area contributed by atoms with E-state index >= 15 is 0 Å². The van der Waals surface area contributed by atoms with Gasteiger partial charge in [-0.05, 0) is 77.0 Å². The SMILES string of the molecule is CCOc1cc(/C=C2\SC(=O)N(Cc3cccc4ccccc34)C2=O)cc(Cl)c1OC(=O)c1cccc(Cl)c1. The number of benzene rings is 4. The van der Waals surface area contributed by atoms with E-state index in [0.717, 1.165) is 28.1 Å². The van der Waals surface area contributed by atoms with Crippen molar-refractivity contribution in [1.82, 2.24) is 4.90 Å². The number of carbonyl (C=O) groups excluding carboxylic acids is 3. The highest BCUT2D eigenvalue weighted by Gasteiger charge is 2.35. The zero-order valence-corrected chi connectivity index (χ0v) is 23.0. The van der Waals surface area contributed by atoms with Gasteiger partial charge in [0.25, 0.3) is 11.1 Å². The quantitative estimate of drug-likeness (QED) is 0.126. The molecule has 0 radical (unpaired) electrons. The van der Waals surface area contributed by atoms with Gasteiger partial charge >= 0.3 is 5.97 Å². The molecule has 0 unspecified atom stereocenters. The first kappa shape index (κ1) is 26.8. The van der Waals surface area contributed by atoms with E-state index < -0.39 is 11.9 Å². The molecule has 4 aromatic carbocycles. The van der Waals surface area contributed by atoms with Gasteiger partial charge in [-0.3, -0.25) is 14.5 Å². The van der Waals surface area contributed by atoms with Crippen molar-refractivity contribution >= 4 is 68.9 Å². The number of hydrogen-bond acceptors (Lipinski definition) is 6. The molecule has 4 aromatic rings. The van der Waals surface area contributed by atoms with Crippen molar-refractivity contribution in [2.45, 2.75) is 13.5 Å². The third kappa shape index (κ3) is 5.81. The third-order valence-electron chi connectivity index (χ3n) is 5.97. The summed E-state index contributed by atoms with van der Waals surface area (Å²) in [6.07, 6.45) is 1.57. The van der Waals surface area contributed by atoms with E-state index in [0.29, 0.717) is 10.6 Å². The maximum Gasteiger partial charge on any atom is 0.343 e. The van der Waals surface area contributed by atoms with Crippen LogP contribution in [0.25, 0.3) is 16.8 Å². The molecule has 5 rings (SSSR count). The minimum absolute atomic E-state index is 0.0460. The average Bonchev–Trinajstić information content (AvgIpc) is 3.18. The van der Waals surface area contributed by atoms with Crippen molar-refractivity contribution in [2.24, 2.45) is 0 Å². The molecule has 0 spiro atoms. The van der Waals surface area contributed by atoms with Crippen LogP contribution in [-0.4, -0.2) is 28.6 Å². The van der Waals surface area contributed by atoms with Gasteiger partial charge in [-0.2, -0.15) is 0 Å². The maximum atomic E-state index is 13.2. The Morgan fingerprint density at radius 2 is 1.74 bits per heavy atom. The molecule has 1 fully saturated rings. The van der Waals surface area contributed by atoms with Gasteiger partial charge in [-0.25, -0.2) is 4.79 Å². The van der Waals surface area contributed by atoms with Crippen molar-refractivity contribution in [1.29, 1.82) is 0 Å². The molecule has 0 aliphatic carbocycles. The van der Waals surface area contributed by atoms with Crippen molar-refractivity contribution in [3.05, 3.63) is 111 Å². The highest BCUT2D eigenvalue weighted by atomic mass is 35.5. The molecule has 0 bridgehead atoms. The second-order valence-electron chi connectivity index (χ2n) is 8.57. The van der Waals surface area contributed by atoms with Crippen LogP contribution >= 0.6 is 35.0 Å². The monoisotopic (exact) mass is 577 g/mol. The number of esters is 1. The van der Waals surface area contributed by atoms with Crippen LogP contribution in [-0.2, 0) is 11.3 Å². The number of fused-ring (bicyclic) bond motifs is 1. The summed E-state index contributed by atoms with van der Waals surface area (Å²) in [5, 5.41) is 2.16. The van der Waals surface area contributed by atoms with Gasteiger partial charge in [0, 0.05) is 5.02 Å². The topological polar surface area (TPSA) is 72.9 Å². The molecule has 1 aliphatic heterocycles. The lowest BCUT2D eigenvalue weighted by atomic mass is 10.0. The molecule has 39 heavy (non-hydrogen) atoms. The Morgan fingerprint density at radius 3 is 2.54 bits per heavy atom. The largest absolute Gasteiger partial charge is 0.490 e. The molecule has 1 saturated heterocycles. The summed E-state index contributed by atoms with van der Waals surface area (Å²) >= 11 is 13.3. The van der Waals surface area contributed by atoms with E-state index in [4.69, 9.17) is 32.7 Å². The van der Waals surface area contributed by atoms with Gasteiger partial charge in [-0.1, -0.05) is 71.7 Å². The Bertz CT molecular complexity index is 1650. The van der Waals surface area contributed by atoms with Gasteiger partial charge in [-0.15, -0.1) is 0 Å². The van der Waals surface area contributed by atoms with E-state index in [1.165, 1.54) is 11.0 Å². The standard InChI is InChI=1S/C30H21Cl2NO5S/c1-2-37-25-14-18(13-24(32)27(25)38-29(35)20-9-6-11-22(31)16-20)15-26-28(34)33(30(36)39-26)17-21-10-5-8-19-7-3-4-12-23(19)21/h3-16H,2,17H2,1H3/b26-15-. The van der Waals surface area contributed by atoms with Crippen LogP contribution in [0.3, 0.4) is 0 Å². The predicted molar refractivity (Wildman–Crippen MR) is 154 cm³/mol. The molecule has 0 aromatic heterocycles. The van der Waals surface area contributed by atoms with Crippen LogP contribution in [0.1, 0.15) is 28.4 Å².